The first kappa shape index (κ1) is 32.9. The molecule has 0 aliphatic rings. The van der Waals surface area contributed by atoms with Crippen molar-refractivity contribution in [3.05, 3.63) is 0 Å². The second kappa shape index (κ2) is 25.0. The number of carbonyl (C=O) groups is 2. The Morgan fingerprint density at radius 2 is 0.618 bits per heavy atom. The van der Waals surface area contributed by atoms with E-state index in [1.165, 1.54) is 89.9 Å². The Hall–Kier alpha value is -1.06. The van der Waals surface area contributed by atoms with Crippen LogP contribution in [0, 0.1) is 11.8 Å². The largest absolute Gasteiger partial charge is 0.369 e. The molecule has 0 aliphatic heterocycles. The fraction of sp³-hybridized carbons (Fsp3) is 0.933. The van der Waals surface area contributed by atoms with E-state index < -0.39 is 0 Å². The van der Waals surface area contributed by atoms with Gasteiger partial charge in [0.2, 0.25) is 11.8 Å². The van der Waals surface area contributed by atoms with Gasteiger partial charge >= 0.3 is 0 Å². The minimum Gasteiger partial charge on any atom is -0.369 e. The molecule has 0 aromatic heterocycles. The molecule has 0 aromatic rings. The number of carbonyl (C=O) groups excluding carboxylic acids is 2. The van der Waals surface area contributed by atoms with Gasteiger partial charge in [0, 0.05) is 11.8 Å². The number of hydrogen-bond donors (Lipinski definition) is 2. The van der Waals surface area contributed by atoms with E-state index >= 15 is 0 Å². The Morgan fingerprint density at radius 1 is 0.412 bits per heavy atom. The first-order valence-corrected chi connectivity index (χ1v) is 15.1. The zero-order valence-corrected chi connectivity index (χ0v) is 23.1. The Labute approximate surface area is 212 Å². The number of primary amides is 2. The van der Waals surface area contributed by atoms with Gasteiger partial charge in [0.05, 0.1) is 0 Å². The Kier molecular flexibility index (Phi) is 24.3. The van der Waals surface area contributed by atoms with Crippen LogP contribution in [0.5, 0.6) is 0 Å². The SMILES string of the molecule is CCCCCCCCCCC(CCCCCCC(CCCCCCCCCC)C(N)=O)C(N)=O. The number of unbranched alkanes of at least 4 members (excludes halogenated alkanes) is 17. The lowest BCUT2D eigenvalue weighted by molar-refractivity contribution is -0.123. The van der Waals surface area contributed by atoms with Crippen molar-refractivity contribution >= 4 is 11.8 Å². The highest BCUT2D eigenvalue weighted by molar-refractivity contribution is 5.76. The Bertz CT molecular complexity index is 425. The van der Waals surface area contributed by atoms with Crippen molar-refractivity contribution in [2.45, 2.75) is 168 Å². The predicted molar refractivity (Wildman–Crippen MR) is 148 cm³/mol. The van der Waals surface area contributed by atoms with Crippen molar-refractivity contribution < 1.29 is 9.59 Å². The summed E-state index contributed by atoms with van der Waals surface area (Å²) in [7, 11) is 0. The molecule has 2 amide bonds. The zero-order valence-electron chi connectivity index (χ0n) is 23.1. The smallest absolute Gasteiger partial charge is 0.220 e. The molecule has 2 atom stereocenters. The molecule has 4 heteroatoms. The van der Waals surface area contributed by atoms with Gasteiger partial charge in [-0.3, -0.25) is 9.59 Å². The lowest BCUT2D eigenvalue weighted by Gasteiger charge is -2.14. The number of amides is 2. The minimum atomic E-state index is -0.123. The summed E-state index contributed by atoms with van der Waals surface area (Å²) in [6, 6.07) is 0. The van der Waals surface area contributed by atoms with Crippen molar-refractivity contribution in [2.24, 2.45) is 23.3 Å². The number of rotatable bonds is 27. The molecule has 202 valence electrons. The molecule has 4 N–H and O–H groups in total. The maximum atomic E-state index is 11.8. The Balaban J connectivity index is 3.78. The third-order valence-electron chi connectivity index (χ3n) is 7.47. The summed E-state index contributed by atoms with van der Waals surface area (Å²) in [6.45, 7) is 4.50. The van der Waals surface area contributed by atoms with Gasteiger partial charge in [-0.05, 0) is 25.7 Å². The van der Waals surface area contributed by atoms with E-state index in [0.717, 1.165) is 64.2 Å². The molecule has 34 heavy (non-hydrogen) atoms. The second-order valence-electron chi connectivity index (χ2n) is 10.7. The predicted octanol–water partition coefficient (Wildman–Crippen LogP) is 8.59. The van der Waals surface area contributed by atoms with Gasteiger partial charge in [0.1, 0.15) is 0 Å². The summed E-state index contributed by atoms with van der Waals surface area (Å²) in [5.74, 6) is -0.162. The van der Waals surface area contributed by atoms with E-state index in [2.05, 4.69) is 13.8 Å². The summed E-state index contributed by atoms with van der Waals surface area (Å²) in [5, 5.41) is 0. The summed E-state index contributed by atoms with van der Waals surface area (Å²) in [5.41, 5.74) is 11.3. The summed E-state index contributed by atoms with van der Waals surface area (Å²) in [6.07, 6.45) is 28.7. The first-order valence-electron chi connectivity index (χ1n) is 15.1. The van der Waals surface area contributed by atoms with Crippen LogP contribution in [0.1, 0.15) is 168 Å². The minimum absolute atomic E-state index is 0.0421. The van der Waals surface area contributed by atoms with E-state index in [0.29, 0.717) is 0 Å². The van der Waals surface area contributed by atoms with E-state index in [1.807, 2.05) is 0 Å². The van der Waals surface area contributed by atoms with E-state index in [-0.39, 0.29) is 23.7 Å². The van der Waals surface area contributed by atoms with Gasteiger partial charge < -0.3 is 11.5 Å². The highest BCUT2D eigenvalue weighted by atomic mass is 16.1. The molecule has 0 saturated carbocycles. The molecule has 0 saturated heterocycles. The number of hydrogen-bond acceptors (Lipinski definition) is 2. The third kappa shape index (κ3) is 21.5. The molecular weight excluding hydrogens is 420 g/mol. The average molecular weight is 481 g/mol. The summed E-state index contributed by atoms with van der Waals surface area (Å²) < 4.78 is 0. The van der Waals surface area contributed by atoms with Crippen LogP contribution >= 0.6 is 0 Å². The number of nitrogens with two attached hydrogens (primary N) is 2. The Morgan fingerprint density at radius 3 is 0.824 bits per heavy atom. The summed E-state index contributed by atoms with van der Waals surface area (Å²) >= 11 is 0. The standard InChI is InChI=1S/C30H60N2O2/c1-3-5-7-9-11-13-15-19-23-27(29(31)33)25-21-17-18-22-26-28(30(32)34)24-20-16-14-12-10-8-6-4-2/h27-28H,3-26H2,1-2H3,(H2,31,33)(H2,32,34). The highest BCUT2D eigenvalue weighted by Crippen LogP contribution is 2.21. The van der Waals surface area contributed by atoms with Gasteiger partial charge in [-0.15, -0.1) is 0 Å². The lowest BCUT2D eigenvalue weighted by atomic mass is 9.92. The van der Waals surface area contributed by atoms with E-state index in [1.54, 1.807) is 0 Å². The van der Waals surface area contributed by atoms with Crippen molar-refractivity contribution in [1.82, 2.24) is 0 Å². The van der Waals surface area contributed by atoms with Gasteiger partial charge in [-0.1, -0.05) is 142 Å². The van der Waals surface area contributed by atoms with Crippen molar-refractivity contribution in [3.8, 4) is 0 Å². The van der Waals surface area contributed by atoms with Gasteiger partial charge in [-0.25, -0.2) is 0 Å². The molecular formula is C30H60N2O2. The van der Waals surface area contributed by atoms with Crippen molar-refractivity contribution in [3.63, 3.8) is 0 Å². The monoisotopic (exact) mass is 480 g/mol. The highest BCUT2D eigenvalue weighted by Gasteiger charge is 2.16. The second-order valence-corrected chi connectivity index (χ2v) is 10.7. The van der Waals surface area contributed by atoms with Gasteiger partial charge in [0.25, 0.3) is 0 Å². The molecule has 0 aromatic carbocycles. The quantitative estimate of drug-likeness (QED) is 0.115. The molecule has 2 unspecified atom stereocenters. The third-order valence-corrected chi connectivity index (χ3v) is 7.47. The molecule has 0 heterocycles. The van der Waals surface area contributed by atoms with Crippen molar-refractivity contribution in [1.29, 1.82) is 0 Å². The maximum absolute atomic E-state index is 11.8. The summed E-state index contributed by atoms with van der Waals surface area (Å²) in [4.78, 5) is 23.6. The lowest BCUT2D eigenvalue weighted by Crippen LogP contribution is -2.23. The zero-order chi connectivity index (χ0) is 25.3. The van der Waals surface area contributed by atoms with Crippen LogP contribution in [0.3, 0.4) is 0 Å². The van der Waals surface area contributed by atoms with Crippen LogP contribution < -0.4 is 11.5 Å². The van der Waals surface area contributed by atoms with Crippen LogP contribution in [-0.2, 0) is 9.59 Å². The molecule has 0 bridgehead atoms. The van der Waals surface area contributed by atoms with Crippen LogP contribution in [0.2, 0.25) is 0 Å². The van der Waals surface area contributed by atoms with Crippen LogP contribution in [-0.4, -0.2) is 11.8 Å². The van der Waals surface area contributed by atoms with E-state index in [9.17, 15) is 9.59 Å². The molecule has 0 radical (unpaired) electrons. The maximum Gasteiger partial charge on any atom is 0.220 e. The van der Waals surface area contributed by atoms with Crippen LogP contribution in [0.25, 0.3) is 0 Å². The van der Waals surface area contributed by atoms with Crippen molar-refractivity contribution in [2.75, 3.05) is 0 Å². The normalized spacial score (nSPS) is 13.1. The van der Waals surface area contributed by atoms with Gasteiger partial charge in [-0.2, -0.15) is 0 Å². The fourth-order valence-corrected chi connectivity index (χ4v) is 5.04. The molecule has 0 fully saturated rings. The molecule has 0 spiro atoms. The average Bonchev–Trinajstić information content (AvgIpc) is 2.81. The fourth-order valence-electron chi connectivity index (χ4n) is 5.04. The van der Waals surface area contributed by atoms with E-state index in [4.69, 9.17) is 11.5 Å². The topological polar surface area (TPSA) is 86.2 Å². The van der Waals surface area contributed by atoms with Gasteiger partial charge in [0.15, 0.2) is 0 Å². The van der Waals surface area contributed by atoms with Crippen LogP contribution in [0.15, 0.2) is 0 Å². The molecule has 4 nitrogen and oxygen atoms in total. The first-order chi connectivity index (χ1) is 16.5. The molecule has 0 rings (SSSR count). The molecule has 0 aliphatic carbocycles. The van der Waals surface area contributed by atoms with Crippen LogP contribution in [0.4, 0.5) is 0 Å².